The minimum absolute atomic E-state index is 0.0306. The molecule has 0 aliphatic carbocycles. The number of rotatable bonds is 7. The van der Waals surface area contributed by atoms with Crippen molar-refractivity contribution >= 4 is 11.7 Å². The fourth-order valence-corrected chi connectivity index (χ4v) is 1.42. The van der Waals surface area contributed by atoms with Gasteiger partial charge in [-0.2, -0.15) is 0 Å². The number of aliphatic hydroxyl groups excluding tert-OH is 1. The molecule has 18 heavy (non-hydrogen) atoms. The number of hydrogen-bond donors (Lipinski definition) is 6. The van der Waals surface area contributed by atoms with Crippen LogP contribution < -0.4 is 16.6 Å². The van der Waals surface area contributed by atoms with Crippen LogP contribution in [0, 0.1) is 0 Å². The Hall–Kier alpha value is -1.83. The second kappa shape index (κ2) is 6.80. The van der Waals surface area contributed by atoms with E-state index >= 15 is 0 Å². The zero-order valence-electron chi connectivity index (χ0n) is 9.76. The van der Waals surface area contributed by atoms with Gasteiger partial charge in [0.25, 0.3) is 0 Å². The number of carboxylic acid groups (broad SMARTS) is 1. The normalized spacial score (nSPS) is 12.3. The van der Waals surface area contributed by atoms with Gasteiger partial charge in [0.2, 0.25) is 0 Å². The van der Waals surface area contributed by atoms with Crippen molar-refractivity contribution in [2.75, 3.05) is 18.9 Å². The number of nitrogens with two attached hydrogens (primary N) is 1. The Balaban J connectivity index is 2.64. The minimum atomic E-state index is -1.02. The van der Waals surface area contributed by atoms with Crippen molar-refractivity contribution in [2.45, 2.75) is 12.5 Å². The number of hydrogen-bond acceptors (Lipinski definition) is 6. The molecule has 7 N–H and O–H groups in total. The first kappa shape index (κ1) is 14.2. The molecule has 0 fully saturated rings. The van der Waals surface area contributed by atoms with Crippen LogP contribution in [0.25, 0.3) is 0 Å². The molecule has 0 unspecified atom stereocenters. The van der Waals surface area contributed by atoms with E-state index in [-0.39, 0.29) is 31.0 Å². The molecule has 1 rings (SSSR count). The van der Waals surface area contributed by atoms with Crippen molar-refractivity contribution in [1.82, 2.24) is 10.9 Å². The molecule has 0 amide bonds. The van der Waals surface area contributed by atoms with Gasteiger partial charge in [-0.05, 0) is 24.1 Å². The molecule has 0 saturated heterocycles. The van der Waals surface area contributed by atoms with Crippen LogP contribution in [0.1, 0.15) is 5.56 Å². The predicted octanol–water partition coefficient (Wildman–Crippen LogP) is -0.943. The van der Waals surface area contributed by atoms with Gasteiger partial charge in [-0.25, -0.2) is 5.43 Å². The number of phenols is 1. The van der Waals surface area contributed by atoms with Crippen LogP contribution in [0.3, 0.4) is 0 Å². The van der Waals surface area contributed by atoms with Crippen LogP contribution in [-0.4, -0.2) is 40.5 Å². The van der Waals surface area contributed by atoms with Crippen molar-refractivity contribution in [3.63, 3.8) is 0 Å². The highest BCUT2D eigenvalue weighted by Gasteiger charge is 2.17. The fourth-order valence-electron chi connectivity index (χ4n) is 1.42. The van der Waals surface area contributed by atoms with Crippen molar-refractivity contribution in [2.24, 2.45) is 0 Å². The standard InChI is InChI=1S/C11H17N3O4/c12-8-5-7(1-2-10(8)16)6-9(11(17)18)14-13-3-4-15/h1-2,5,9,13-16H,3-4,6,12H2,(H,17,18)/t9-/m0/s1. The lowest BCUT2D eigenvalue weighted by Gasteiger charge is -2.15. The Kier molecular flexibility index (Phi) is 5.37. The van der Waals surface area contributed by atoms with E-state index in [2.05, 4.69) is 10.9 Å². The summed E-state index contributed by atoms with van der Waals surface area (Å²) in [6, 6.07) is 3.71. The predicted molar refractivity (Wildman–Crippen MR) is 65.9 cm³/mol. The summed E-state index contributed by atoms with van der Waals surface area (Å²) in [5.74, 6) is -1.05. The number of nitrogens with one attached hydrogen (secondary N) is 2. The van der Waals surface area contributed by atoms with E-state index in [0.717, 1.165) is 0 Å². The molecule has 7 nitrogen and oxygen atoms in total. The van der Waals surface area contributed by atoms with Gasteiger partial charge < -0.3 is 21.1 Å². The molecule has 0 saturated carbocycles. The van der Waals surface area contributed by atoms with E-state index in [1.165, 1.54) is 12.1 Å². The number of aromatic hydroxyl groups is 1. The number of benzene rings is 1. The molecule has 100 valence electrons. The van der Waals surface area contributed by atoms with Crippen LogP contribution in [-0.2, 0) is 11.2 Å². The molecule has 7 heteroatoms. The number of hydrazine groups is 1. The lowest BCUT2D eigenvalue weighted by molar-refractivity contribution is -0.139. The lowest BCUT2D eigenvalue weighted by Crippen LogP contribution is -2.47. The first-order chi connectivity index (χ1) is 8.54. The van der Waals surface area contributed by atoms with Crippen molar-refractivity contribution in [3.8, 4) is 5.75 Å². The maximum absolute atomic E-state index is 11.0. The first-order valence-corrected chi connectivity index (χ1v) is 5.44. The lowest BCUT2D eigenvalue weighted by atomic mass is 10.1. The summed E-state index contributed by atoms with van der Waals surface area (Å²) in [4.78, 5) is 11.0. The molecule has 0 aliphatic rings. The number of carboxylic acids is 1. The topological polar surface area (TPSA) is 128 Å². The van der Waals surface area contributed by atoms with E-state index in [1.807, 2.05) is 0 Å². The quantitative estimate of drug-likeness (QED) is 0.160. The summed E-state index contributed by atoms with van der Waals surface area (Å²) in [6.45, 7) is 0.160. The Morgan fingerprint density at radius 2 is 2.17 bits per heavy atom. The monoisotopic (exact) mass is 255 g/mol. The molecule has 0 radical (unpaired) electrons. The molecule has 0 spiro atoms. The highest BCUT2D eigenvalue weighted by Crippen LogP contribution is 2.21. The molecule has 1 aromatic rings. The summed E-state index contributed by atoms with van der Waals surface area (Å²) < 4.78 is 0. The summed E-state index contributed by atoms with van der Waals surface area (Å²) in [5.41, 5.74) is 11.6. The Bertz CT molecular complexity index is 411. The maximum atomic E-state index is 11.0. The number of aliphatic carboxylic acids is 1. The Morgan fingerprint density at radius 3 is 2.72 bits per heavy atom. The number of aliphatic hydroxyl groups is 1. The van der Waals surface area contributed by atoms with Crippen LogP contribution in [0.4, 0.5) is 5.69 Å². The molecule has 0 heterocycles. The van der Waals surface area contributed by atoms with E-state index in [0.29, 0.717) is 5.56 Å². The molecule has 0 aliphatic heterocycles. The second-order valence-corrected chi connectivity index (χ2v) is 3.78. The third-order valence-electron chi connectivity index (χ3n) is 2.34. The molecular weight excluding hydrogens is 238 g/mol. The van der Waals surface area contributed by atoms with Crippen LogP contribution in [0.2, 0.25) is 0 Å². The van der Waals surface area contributed by atoms with Gasteiger partial charge in [-0.3, -0.25) is 10.2 Å². The number of nitrogen functional groups attached to an aromatic ring is 1. The smallest absolute Gasteiger partial charge is 0.322 e. The van der Waals surface area contributed by atoms with Crippen molar-refractivity contribution in [3.05, 3.63) is 23.8 Å². The van der Waals surface area contributed by atoms with Crippen molar-refractivity contribution in [1.29, 1.82) is 0 Å². The summed E-state index contributed by atoms with van der Waals surface area (Å²) >= 11 is 0. The number of anilines is 1. The largest absolute Gasteiger partial charge is 0.506 e. The van der Waals surface area contributed by atoms with Gasteiger partial charge in [-0.15, -0.1) is 0 Å². The summed E-state index contributed by atoms with van der Waals surface area (Å²) in [5, 5.41) is 26.9. The highest BCUT2D eigenvalue weighted by molar-refractivity contribution is 5.74. The molecule has 0 aromatic heterocycles. The zero-order chi connectivity index (χ0) is 13.5. The van der Waals surface area contributed by atoms with Gasteiger partial charge in [0.1, 0.15) is 11.8 Å². The summed E-state index contributed by atoms with van der Waals surface area (Å²) in [7, 11) is 0. The van der Waals surface area contributed by atoms with E-state index in [1.54, 1.807) is 6.07 Å². The first-order valence-electron chi connectivity index (χ1n) is 5.44. The average molecular weight is 255 g/mol. The zero-order valence-corrected chi connectivity index (χ0v) is 9.76. The SMILES string of the molecule is Nc1cc(C[C@H](NNCCO)C(=O)O)ccc1O. The van der Waals surface area contributed by atoms with Crippen LogP contribution >= 0.6 is 0 Å². The van der Waals surface area contributed by atoms with E-state index in [9.17, 15) is 9.90 Å². The number of carbonyl (C=O) groups is 1. The molecule has 1 atom stereocenters. The van der Waals surface area contributed by atoms with Gasteiger partial charge in [0.15, 0.2) is 0 Å². The molecule has 0 bridgehead atoms. The fraction of sp³-hybridized carbons (Fsp3) is 0.364. The Morgan fingerprint density at radius 1 is 1.44 bits per heavy atom. The Labute approximate surface area is 104 Å². The molecule has 1 aromatic carbocycles. The number of phenolic OH excluding ortho intramolecular Hbond substituents is 1. The second-order valence-electron chi connectivity index (χ2n) is 3.78. The summed E-state index contributed by atoms with van der Waals surface area (Å²) in [6.07, 6.45) is 0.207. The van der Waals surface area contributed by atoms with Crippen LogP contribution in [0.15, 0.2) is 18.2 Å². The average Bonchev–Trinajstić information content (AvgIpc) is 2.32. The van der Waals surface area contributed by atoms with Gasteiger partial charge in [0, 0.05) is 6.54 Å². The van der Waals surface area contributed by atoms with Gasteiger partial charge in [0.05, 0.1) is 12.3 Å². The van der Waals surface area contributed by atoms with Gasteiger partial charge >= 0.3 is 5.97 Å². The minimum Gasteiger partial charge on any atom is -0.506 e. The van der Waals surface area contributed by atoms with Crippen LogP contribution in [0.5, 0.6) is 5.75 Å². The third kappa shape index (κ3) is 4.21. The van der Waals surface area contributed by atoms with E-state index < -0.39 is 12.0 Å². The third-order valence-corrected chi connectivity index (χ3v) is 2.34. The highest BCUT2D eigenvalue weighted by atomic mass is 16.4. The van der Waals surface area contributed by atoms with E-state index in [4.69, 9.17) is 15.9 Å². The maximum Gasteiger partial charge on any atom is 0.322 e. The molecular formula is C11H17N3O4. The van der Waals surface area contributed by atoms with Crippen molar-refractivity contribution < 1.29 is 20.1 Å². The van der Waals surface area contributed by atoms with Gasteiger partial charge in [-0.1, -0.05) is 6.07 Å².